The SMILES string of the molecule is O=C(NCCCO)Nc1nc2ccc(OS(=O)(=O)c3ccc(NCCc4ccccc4)cc3)cc2[nH]1. The number of amides is 2. The highest BCUT2D eigenvalue weighted by molar-refractivity contribution is 7.87. The number of anilines is 2. The summed E-state index contributed by atoms with van der Waals surface area (Å²) in [5.74, 6) is 0.303. The topological polar surface area (TPSA) is 145 Å². The van der Waals surface area contributed by atoms with Crippen molar-refractivity contribution in [2.45, 2.75) is 17.7 Å². The van der Waals surface area contributed by atoms with Crippen molar-refractivity contribution < 1.29 is 22.5 Å². The number of urea groups is 1. The molecule has 4 rings (SSSR count). The minimum absolute atomic E-state index is 0.0214. The number of fused-ring (bicyclic) bond motifs is 1. The third kappa shape index (κ3) is 6.74. The van der Waals surface area contributed by atoms with Gasteiger partial charge in [0.15, 0.2) is 0 Å². The Bertz CT molecular complexity index is 1410. The molecule has 0 unspecified atom stereocenters. The predicted molar refractivity (Wildman–Crippen MR) is 138 cm³/mol. The van der Waals surface area contributed by atoms with Crippen LogP contribution in [0.5, 0.6) is 5.75 Å². The Labute approximate surface area is 208 Å². The van der Waals surface area contributed by atoms with Gasteiger partial charge in [0.1, 0.15) is 10.6 Å². The Morgan fingerprint density at radius 2 is 1.78 bits per heavy atom. The van der Waals surface area contributed by atoms with Crippen LogP contribution in [0.15, 0.2) is 77.7 Å². The van der Waals surface area contributed by atoms with E-state index in [2.05, 4.69) is 38.1 Å². The highest BCUT2D eigenvalue weighted by Crippen LogP contribution is 2.24. The molecule has 0 bridgehead atoms. The van der Waals surface area contributed by atoms with Gasteiger partial charge in [-0.1, -0.05) is 30.3 Å². The van der Waals surface area contributed by atoms with Crippen LogP contribution in [0.2, 0.25) is 0 Å². The summed E-state index contributed by atoms with van der Waals surface area (Å²) in [5.41, 5.74) is 3.04. The molecule has 0 spiro atoms. The third-order valence-corrected chi connectivity index (χ3v) is 6.50. The molecule has 3 aromatic carbocycles. The van der Waals surface area contributed by atoms with E-state index in [1.54, 1.807) is 18.2 Å². The number of imidazole rings is 1. The average Bonchev–Trinajstić information content (AvgIpc) is 3.26. The zero-order valence-electron chi connectivity index (χ0n) is 19.4. The molecule has 0 aliphatic carbocycles. The molecular formula is C25H27N5O5S. The molecule has 0 fully saturated rings. The molecule has 10 nitrogen and oxygen atoms in total. The van der Waals surface area contributed by atoms with Gasteiger partial charge in [-0.15, -0.1) is 0 Å². The molecule has 188 valence electrons. The van der Waals surface area contributed by atoms with E-state index in [4.69, 9.17) is 9.29 Å². The Morgan fingerprint density at radius 3 is 2.53 bits per heavy atom. The lowest BCUT2D eigenvalue weighted by Gasteiger charge is -2.09. The van der Waals surface area contributed by atoms with Crippen molar-refractivity contribution in [2.75, 3.05) is 30.3 Å². The molecule has 4 aromatic rings. The summed E-state index contributed by atoms with van der Waals surface area (Å²) in [6.07, 6.45) is 1.29. The molecule has 0 atom stereocenters. The van der Waals surface area contributed by atoms with Gasteiger partial charge in [-0.2, -0.15) is 8.42 Å². The highest BCUT2D eigenvalue weighted by Gasteiger charge is 2.17. The zero-order valence-corrected chi connectivity index (χ0v) is 20.2. The predicted octanol–water partition coefficient (Wildman–Crippen LogP) is 3.49. The number of rotatable bonds is 11. The summed E-state index contributed by atoms with van der Waals surface area (Å²) < 4.78 is 30.9. The summed E-state index contributed by atoms with van der Waals surface area (Å²) >= 11 is 0. The van der Waals surface area contributed by atoms with Crippen LogP contribution in [-0.4, -0.2) is 49.2 Å². The summed E-state index contributed by atoms with van der Waals surface area (Å²) in [6.45, 7) is 1.02. The number of hydrogen-bond acceptors (Lipinski definition) is 7. The molecule has 0 saturated carbocycles. The maximum absolute atomic E-state index is 12.8. The number of nitrogens with zero attached hydrogens (tertiary/aromatic N) is 1. The standard InChI is InChI=1S/C25H27N5O5S/c31-16-4-14-27-25(32)30-24-28-22-12-9-20(17-23(22)29-24)35-36(33,34)21-10-7-19(8-11-21)26-15-13-18-5-2-1-3-6-18/h1-3,5-12,17,26,31H,4,13-16H2,(H3,27,28,29,30,32). The van der Waals surface area contributed by atoms with Gasteiger partial charge >= 0.3 is 16.1 Å². The molecular weight excluding hydrogens is 482 g/mol. The van der Waals surface area contributed by atoms with E-state index in [-0.39, 0.29) is 23.2 Å². The molecule has 0 aliphatic rings. The molecule has 0 saturated heterocycles. The minimum atomic E-state index is -4.05. The maximum Gasteiger partial charge on any atom is 0.339 e. The average molecular weight is 510 g/mol. The molecule has 1 heterocycles. The first-order chi connectivity index (χ1) is 17.4. The normalized spacial score (nSPS) is 11.2. The van der Waals surface area contributed by atoms with Gasteiger partial charge in [0.25, 0.3) is 0 Å². The number of aromatic nitrogens is 2. The van der Waals surface area contributed by atoms with Gasteiger partial charge in [-0.25, -0.2) is 9.78 Å². The van der Waals surface area contributed by atoms with Crippen LogP contribution in [0.25, 0.3) is 11.0 Å². The van der Waals surface area contributed by atoms with Crippen LogP contribution in [0, 0.1) is 0 Å². The van der Waals surface area contributed by atoms with E-state index < -0.39 is 16.1 Å². The minimum Gasteiger partial charge on any atom is -0.396 e. The van der Waals surface area contributed by atoms with Gasteiger partial charge < -0.3 is 24.9 Å². The Morgan fingerprint density at radius 1 is 1.00 bits per heavy atom. The quantitative estimate of drug-likeness (QED) is 0.154. The number of carbonyl (C=O) groups is 1. The van der Waals surface area contributed by atoms with Crippen molar-refractivity contribution in [1.82, 2.24) is 15.3 Å². The number of carbonyl (C=O) groups excluding carboxylic acids is 1. The van der Waals surface area contributed by atoms with E-state index in [1.807, 2.05) is 18.2 Å². The Kier molecular flexibility index (Phi) is 8.03. The van der Waals surface area contributed by atoms with Crippen molar-refractivity contribution >= 4 is 38.8 Å². The van der Waals surface area contributed by atoms with Gasteiger partial charge in [0.2, 0.25) is 5.95 Å². The van der Waals surface area contributed by atoms with Gasteiger partial charge in [0, 0.05) is 31.5 Å². The number of aromatic amines is 1. The smallest absolute Gasteiger partial charge is 0.339 e. The first-order valence-electron chi connectivity index (χ1n) is 11.4. The van der Waals surface area contributed by atoms with Gasteiger partial charge in [0.05, 0.1) is 11.0 Å². The second kappa shape index (κ2) is 11.6. The van der Waals surface area contributed by atoms with Crippen LogP contribution >= 0.6 is 0 Å². The van der Waals surface area contributed by atoms with E-state index in [0.29, 0.717) is 24.0 Å². The zero-order chi connectivity index (χ0) is 25.4. The number of nitrogens with one attached hydrogen (secondary N) is 4. The summed E-state index contributed by atoms with van der Waals surface area (Å²) in [6, 6.07) is 20.6. The molecule has 2 amide bonds. The summed E-state index contributed by atoms with van der Waals surface area (Å²) in [4.78, 5) is 19.0. The van der Waals surface area contributed by atoms with Crippen LogP contribution in [0.3, 0.4) is 0 Å². The van der Waals surface area contributed by atoms with E-state index >= 15 is 0 Å². The first-order valence-corrected chi connectivity index (χ1v) is 12.8. The summed E-state index contributed by atoms with van der Waals surface area (Å²) in [7, 11) is -4.05. The largest absolute Gasteiger partial charge is 0.396 e. The van der Waals surface area contributed by atoms with Crippen LogP contribution in [-0.2, 0) is 16.5 Å². The molecule has 36 heavy (non-hydrogen) atoms. The number of aliphatic hydroxyl groups excluding tert-OH is 1. The second-order valence-corrected chi connectivity index (χ2v) is 9.49. The van der Waals surface area contributed by atoms with Gasteiger partial charge in [-0.3, -0.25) is 5.32 Å². The van der Waals surface area contributed by atoms with Gasteiger partial charge in [-0.05, 0) is 54.8 Å². The molecule has 0 aliphatic heterocycles. The number of H-pyrrole nitrogens is 1. The number of benzene rings is 3. The van der Waals surface area contributed by atoms with E-state index in [1.165, 1.54) is 29.8 Å². The molecule has 5 N–H and O–H groups in total. The second-order valence-electron chi connectivity index (χ2n) is 7.95. The first kappa shape index (κ1) is 25.0. The third-order valence-electron chi connectivity index (χ3n) is 5.24. The Hall–Kier alpha value is -4.09. The van der Waals surface area contributed by atoms with Crippen molar-refractivity contribution in [3.63, 3.8) is 0 Å². The fraction of sp³-hybridized carbons (Fsp3) is 0.200. The molecule has 11 heteroatoms. The van der Waals surface area contributed by atoms with Crippen LogP contribution < -0.4 is 20.1 Å². The molecule has 0 radical (unpaired) electrons. The van der Waals surface area contributed by atoms with Crippen molar-refractivity contribution in [3.8, 4) is 5.75 Å². The number of aliphatic hydroxyl groups is 1. The lowest BCUT2D eigenvalue weighted by molar-refractivity contribution is 0.248. The molecule has 1 aromatic heterocycles. The fourth-order valence-electron chi connectivity index (χ4n) is 3.44. The van der Waals surface area contributed by atoms with Crippen LogP contribution in [0.1, 0.15) is 12.0 Å². The highest BCUT2D eigenvalue weighted by atomic mass is 32.2. The Balaban J connectivity index is 1.36. The fourth-order valence-corrected chi connectivity index (χ4v) is 4.37. The monoisotopic (exact) mass is 509 g/mol. The maximum atomic E-state index is 12.8. The van der Waals surface area contributed by atoms with Crippen molar-refractivity contribution in [2.24, 2.45) is 0 Å². The van der Waals surface area contributed by atoms with E-state index in [0.717, 1.165) is 18.7 Å². The lowest BCUT2D eigenvalue weighted by atomic mass is 10.1. The number of hydrogen-bond donors (Lipinski definition) is 5. The van der Waals surface area contributed by atoms with E-state index in [9.17, 15) is 13.2 Å². The van der Waals surface area contributed by atoms with Crippen LogP contribution in [0.4, 0.5) is 16.4 Å². The summed E-state index contributed by atoms with van der Waals surface area (Å²) in [5, 5.41) is 17.2. The van der Waals surface area contributed by atoms with Crippen molar-refractivity contribution in [3.05, 3.63) is 78.4 Å². The van der Waals surface area contributed by atoms with Crippen molar-refractivity contribution in [1.29, 1.82) is 0 Å². The lowest BCUT2D eigenvalue weighted by Crippen LogP contribution is -2.30.